The van der Waals surface area contributed by atoms with Gasteiger partial charge in [-0.15, -0.1) is 0 Å². The molecule has 1 amide bonds. The highest BCUT2D eigenvalue weighted by atomic mass is 16.5. The first-order valence-electron chi connectivity index (χ1n) is 8.92. The van der Waals surface area contributed by atoms with Crippen LogP contribution < -0.4 is 4.74 Å². The summed E-state index contributed by atoms with van der Waals surface area (Å²) in [5, 5.41) is 0. The highest BCUT2D eigenvalue weighted by molar-refractivity contribution is 5.96. The van der Waals surface area contributed by atoms with Gasteiger partial charge in [-0.05, 0) is 59.1 Å². The van der Waals surface area contributed by atoms with E-state index < -0.39 is 0 Å². The molecule has 0 aliphatic carbocycles. The molecule has 132 valence electrons. The quantitative estimate of drug-likeness (QED) is 0.852. The fraction of sp³-hybridized carbons (Fsp3) is 0.684. The van der Waals surface area contributed by atoms with Crippen molar-refractivity contribution in [2.75, 3.05) is 19.7 Å². The highest BCUT2D eigenvalue weighted by Crippen LogP contribution is 2.44. The fourth-order valence-electron chi connectivity index (χ4n) is 4.01. The van der Waals surface area contributed by atoms with Gasteiger partial charge in [0.1, 0.15) is 5.56 Å². The van der Waals surface area contributed by atoms with Gasteiger partial charge in [-0.3, -0.25) is 4.79 Å². The van der Waals surface area contributed by atoms with Gasteiger partial charge >= 0.3 is 0 Å². The van der Waals surface area contributed by atoms with E-state index in [1.807, 2.05) is 11.8 Å². The maximum atomic E-state index is 13.0. The molecular formula is C19H28N2O3. The summed E-state index contributed by atoms with van der Waals surface area (Å²) in [5.41, 5.74) is 0.360. The Kier molecular flexibility index (Phi) is 4.56. The molecule has 1 aromatic rings. The van der Waals surface area contributed by atoms with Crippen molar-refractivity contribution in [2.24, 2.45) is 5.92 Å². The Balaban J connectivity index is 1.75. The van der Waals surface area contributed by atoms with Gasteiger partial charge in [-0.2, -0.15) is 0 Å². The van der Waals surface area contributed by atoms with Gasteiger partial charge < -0.3 is 14.4 Å². The molecule has 2 atom stereocenters. The molecule has 0 spiro atoms. The van der Waals surface area contributed by atoms with Crippen LogP contribution in [0.2, 0.25) is 0 Å². The molecule has 3 heterocycles. The average molecular weight is 332 g/mol. The summed E-state index contributed by atoms with van der Waals surface area (Å²) >= 11 is 0. The zero-order chi connectivity index (χ0) is 17.4. The van der Waals surface area contributed by atoms with Crippen molar-refractivity contribution in [2.45, 2.75) is 58.2 Å². The monoisotopic (exact) mass is 332 g/mol. The van der Waals surface area contributed by atoms with E-state index in [-0.39, 0.29) is 17.1 Å². The first-order valence-corrected chi connectivity index (χ1v) is 8.92. The van der Waals surface area contributed by atoms with Crippen LogP contribution in [-0.4, -0.2) is 46.7 Å². The first-order chi connectivity index (χ1) is 11.3. The average Bonchev–Trinajstić information content (AvgIpc) is 2.53. The number of likely N-dealkylation sites (tertiary alicyclic amines) is 1. The summed E-state index contributed by atoms with van der Waals surface area (Å²) < 4.78 is 11.9. The summed E-state index contributed by atoms with van der Waals surface area (Å²) in [4.78, 5) is 19.1. The van der Waals surface area contributed by atoms with Gasteiger partial charge in [-0.1, -0.05) is 0 Å². The molecule has 2 aliphatic rings. The minimum atomic E-state index is -0.129. The summed E-state index contributed by atoms with van der Waals surface area (Å²) in [5.74, 6) is 0.827. The third kappa shape index (κ3) is 3.27. The second-order valence-electron chi connectivity index (χ2n) is 7.70. The number of rotatable bonds is 3. The van der Waals surface area contributed by atoms with Crippen LogP contribution in [0.1, 0.15) is 57.3 Å². The molecule has 2 fully saturated rings. The molecule has 0 saturated carbocycles. The van der Waals surface area contributed by atoms with Crippen LogP contribution in [0.25, 0.3) is 0 Å². The lowest BCUT2D eigenvalue weighted by molar-refractivity contribution is -0.210. The summed E-state index contributed by atoms with van der Waals surface area (Å²) in [7, 11) is 0. The lowest BCUT2D eigenvalue weighted by Gasteiger charge is -2.53. The number of ether oxygens (including phenoxy) is 2. The molecular weight excluding hydrogens is 304 g/mol. The van der Waals surface area contributed by atoms with Gasteiger partial charge in [0.25, 0.3) is 5.91 Å². The zero-order valence-electron chi connectivity index (χ0n) is 15.2. The number of aromatic nitrogens is 1. The Bertz CT molecular complexity index is 616. The predicted molar refractivity (Wildman–Crippen MR) is 92.2 cm³/mol. The standard InChI is InChI=1S/C19H28N2O3/c1-5-23-16-15(7-6-11-20-16)17(22)21-12-10-19(4)14(13-21)8-9-18(2,3)24-19/h6-7,11,14H,5,8-10,12-13H2,1-4H3/t14-,19+/m0/s1. The minimum absolute atomic E-state index is 0.0124. The van der Waals surface area contributed by atoms with Crippen molar-refractivity contribution in [3.05, 3.63) is 23.9 Å². The second kappa shape index (κ2) is 6.36. The number of fused-ring (bicyclic) bond motifs is 1. The van der Waals surface area contributed by atoms with Crippen LogP contribution in [-0.2, 0) is 4.74 Å². The lowest BCUT2D eigenvalue weighted by Crippen LogP contribution is -2.58. The highest BCUT2D eigenvalue weighted by Gasteiger charge is 2.48. The molecule has 0 aromatic carbocycles. The maximum absolute atomic E-state index is 13.0. The van der Waals surface area contributed by atoms with E-state index in [1.54, 1.807) is 18.3 Å². The molecule has 2 saturated heterocycles. The molecule has 24 heavy (non-hydrogen) atoms. The number of nitrogens with zero attached hydrogens (tertiary/aromatic N) is 2. The molecule has 0 N–H and O–H groups in total. The van der Waals surface area contributed by atoms with Crippen LogP contribution >= 0.6 is 0 Å². The Hall–Kier alpha value is -1.62. The number of hydrogen-bond acceptors (Lipinski definition) is 4. The largest absolute Gasteiger partial charge is 0.477 e. The summed E-state index contributed by atoms with van der Waals surface area (Å²) in [6, 6.07) is 3.59. The number of piperidine rings is 1. The van der Waals surface area contributed by atoms with Gasteiger partial charge in [0, 0.05) is 25.2 Å². The maximum Gasteiger partial charge on any atom is 0.259 e. The number of carbonyl (C=O) groups excluding carboxylic acids is 1. The smallest absolute Gasteiger partial charge is 0.259 e. The van der Waals surface area contributed by atoms with Crippen molar-refractivity contribution < 1.29 is 14.3 Å². The zero-order valence-corrected chi connectivity index (χ0v) is 15.2. The topological polar surface area (TPSA) is 51.7 Å². The summed E-state index contributed by atoms with van der Waals surface area (Å²) in [6.07, 6.45) is 4.66. The minimum Gasteiger partial charge on any atom is -0.477 e. The van der Waals surface area contributed by atoms with E-state index in [0.29, 0.717) is 30.5 Å². The SMILES string of the molecule is CCOc1ncccc1C(=O)N1CC[C@@]2(C)OC(C)(C)CC[C@H]2C1. The Morgan fingerprint density at radius 1 is 1.42 bits per heavy atom. The molecule has 2 aliphatic heterocycles. The molecule has 5 nitrogen and oxygen atoms in total. The van der Waals surface area contributed by atoms with Crippen LogP contribution in [0.4, 0.5) is 0 Å². The Morgan fingerprint density at radius 2 is 2.21 bits per heavy atom. The van der Waals surface area contributed by atoms with E-state index in [0.717, 1.165) is 25.8 Å². The lowest BCUT2D eigenvalue weighted by atomic mass is 9.74. The van der Waals surface area contributed by atoms with Crippen LogP contribution in [0, 0.1) is 5.92 Å². The van der Waals surface area contributed by atoms with Gasteiger partial charge in [0.2, 0.25) is 5.88 Å². The Labute approximate surface area is 144 Å². The van der Waals surface area contributed by atoms with Gasteiger partial charge in [0.05, 0.1) is 17.8 Å². The third-order valence-electron chi connectivity index (χ3n) is 5.36. The Morgan fingerprint density at radius 3 is 2.96 bits per heavy atom. The second-order valence-corrected chi connectivity index (χ2v) is 7.70. The molecule has 0 unspecified atom stereocenters. The molecule has 3 rings (SSSR count). The van der Waals surface area contributed by atoms with Gasteiger partial charge in [-0.25, -0.2) is 4.98 Å². The molecule has 0 bridgehead atoms. The van der Waals surface area contributed by atoms with Crippen molar-refractivity contribution in [3.8, 4) is 5.88 Å². The van der Waals surface area contributed by atoms with E-state index in [1.165, 1.54) is 0 Å². The molecule has 1 aromatic heterocycles. The third-order valence-corrected chi connectivity index (χ3v) is 5.36. The van der Waals surface area contributed by atoms with Gasteiger partial charge in [0.15, 0.2) is 0 Å². The molecule has 0 radical (unpaired) electrons. The number of carbonyl (C=O) groups is 1. The van der Waals surface area contributed by atoms with Crippen molar-refractivity contribution >= 4 is 5.91 Å². The molecule has 5 heteroatoms. The number of pyridine rings is 1. The van der Waals surface area contributed by atoms with E-state index in [4.69, 9.17) is 9.47 Å². The van der Waals surface area contributed by atoms with E-state index in [2.05, 4.69) is 25.8 Å². The normalized spacial score (nSPS) is 29.0. The first kappa shape index (κ1) is 17.2. The van der Waals surface area contributed by atoms with Crippen molar-refractivity contribution in [1.82, 2.24) is 9.88 Å². The predicted octanol–water partition coefficient (Wildman–Crippen LogP) is 3.29. The summed E-state index contributed by atoms with van der Waals surface area (Å²) in [6.45, 7) is 10.4. The van der Waals surface area contributed by atoms with Crippen molar-refractivity contribution in [1.29, 1.82) is 0 Å². The van der Waals surface area contributed by atoms with E-state index >= 15 is 0 Å². The van der Waals surface area contributed by atoms with Crippen LogP contribution in [0.3, 0.4) is 0 Å². The number of hydrogen-bond donors (Lipinski definition) is 0. The number of amides is 1. The van der Waals surface area contributed by atoms with E-state index in [9.17, 15) is 4.79 Å². The van der Waals surface area contributed by atoms with Crippen LogP contribution in [0.15, 0.2) is 18.3 Å². The van der Waals surface area contributed by atoms with Crippen molar-refractivity contribution in [3.63, 3.8) is 0 Å². The van der Waals surface area contributed by atoms with Crippen LogP contribution in [0.5, 0.6) is 5.88 Å². The fourth-order valence-corrected chi connectivity index (χ4v) is 4.01.